The van der Waals surface area contributed by atoms with Gasteiger partial charge in [0.05, 0.1) is 5.56 Å². The van der Waals surface area contributed by atoms with Crippen molar-refractivity contribution < 1.29 is 18.0 Å². The van der Waals surface area contributed by atoms with Gasteiger partial charge in [-0.05, 0) is 24.6 Å². The first-order valence-electron chi connectivity index (χ1n) is 5.11. The Morgan fingerprint density at radius 2 is 2.06 bits per heavy atom. The highest BCUT2D eigenvalue weighted by Crippen LogP contribution is 2.29. The van der Waals surface area contributed by atoms with Crippen LogP contribution < -0.4 is 11.1 Å². The van der Waals surface area contributed by atoms with E-state index in [9.17, 15) is 18.0 Å². The zero-order valence-corrected chi connectivity index (χ0v) is 8.79. The van der Waals surface area contributed by atoms with Gasteiger partial charge in [-0.15, -0.1) is 0 Å². The Labute approximate surface area is 95.8 Å². The molecule has 1 saturated carbocycles. The van der Waals surface area contributed by atoms with Gasteiger partial charge in [0.15, 0.2) is 0 Å². The monoisotopic (exact) mass is 244 g/mol. The minimum Gasteiger partial charge on any atom is -0.348 e. The van der Waals surface area contributed by atoms with Gasteiger partial charge in [-0.3, -0.25) is 4.79 Å². The van der Waals surface area contributed by atoms with Crippen LogP contribution in [0.15, 0.2) is 24.3 Å². The minimum atomic E-state index is -4.44. The normalized spacial score (nSPS) is 23.3. The predicted molar refractivity (Wildman–Crippen MR) is 55.3 cm³/mol. The molecular formula is C11H11F3N2O. The highest BCUT2D eigenvalue weighted by atomic mass is 19.4. The summed E-state index contributed by atoms with van der Waals surface area (Å²) in [6.07, 6.45) is -3.77. The van der Waals surface area contributed by atoms with Crippen molar-refractivity contribution in [1.82, 2.24) is 5.32 Å². The van der Waals surface area contributed by atoms with Gasteiger partial charge in [0.1, 0.15) is 0 Å². The molecule has 0 saturated heterocycles. The van der Waals surface area contributed by atoms with E-state index in [1.165, 1.54) is 12.1 Å². The number of rotatable bonds is 2. The fourth-order valence-electron chi connectivity index (χ4n) is 1.47. The van der Waals surface area contributed by atoms with E-state index in [1.807, 2.05) is 0 Å². The Morgan fingerprint density at radius 1 is 1.41 bits per heavy atom. The fourth-order valence-corrected chi connectivity index (χ4v) is 1.47. The van der Waals surface area contributed by atoms with E-state index in [1.54, 1.807) is 0 Å². The van der Waals surface area contributed by atoms with E-state index in [0.29, 0.717) is 6.42 Å². The molecule has 1 aliphatic carbocycles. The maximum absolute atomic E-state index is 12.4. The molecule has 0 aromatic heterocycles. The molecule has 0 spiro atoms. The predicted octanol–water partition coefficient (Wildman–Crippen LogP) is 1.53. The summed E-state index contributed by atoms with van der Waals surface area (Å²) in [6, 6.07) is 4.13. The molecule has 6 heteroatoms. The largest absolute Gasteiger partial charge is 0.416 e. The van der Waals surface area contributed by atoms with Gasteiger partial charge in [0.2, 0.25) is 0 Å². The van der Waals surface area contributed by atoms with Crippen LogP contribution in [0.1, 0.15) is 22.3 Å². The molecule has 0 bridgehead atoms. The Hall–Kier alpha value is -1.56. The molecular weight excluding hydrogens is 233 g/mol. The molecule has 0 radical (unpaired) electrons. The van der Waals surface area contributed by atoms with Crippen LogP contribution in [-0.2, 0) is 6.18 Å². The van der Waals surface area contributed by atoms with E-state index in [2.05, 4.69) is 5.32 Å². The van der Waals surface area contributed by atoms with Crippen LogP contribution in [0.2, 0.25) is 0 Å². The number of nitrogens with one attached hydrogen (secondary N) is 1. The number of halogens is 3. The molecule has 2 rings (SSSR count). The third-order valence-corrected chi connectivity index (χ3v) is 2.61. The first kappa shape index (κ1) is 11.9. The molecule has 2 atom stereocenters. The molecule has 3 nitrogen and oxygen atoms in total. The summed E-state index contributed by atoms with van der Waals surface area (Å²) in [6.45, 7) is 0. The van der Waals surface area contributed by atoms with Crippen LogP contribution in [0.4, 0.5) is 13.2 Å². The molecule has 92 valence electrons. The van der Waals surface area contributed by atoms with Gasteiger partial charge in [-0.25, -0.2) is 0 Å². The minimum absolute atomic E-state index is 0.000995. The third-order valence-electron chi connectivity index (χ3n) is 2.61. The third kappa shape index (κ3) is 2.76. The van der Waals surface area contributed by atoms with Crippen molar-refractivity contribution in [3.05, 3.63) is 35.4 Å². The topological polar surface area (TPSA) is 55.1 Å². The highest BCUT2D eigenvalue weighted by Gasteiger charge is 2.35. The number of alkyl halides is 3. The van der Waals surface area contributed by atoms with Crippen molar-refractivity contribution in [3.8, 4) is 0 Å². The number of hydrogen-bond donors (Lipinski definition) is 2. The Balaban J connectivity index is 2.13. The Morgan fingerprint density at radius 3 is 2.59 bits per heavy atom. The second-order valence-electron chi connectivity index (χ2n) is 4.06. The number of carbonyl (C=O) groups is 1. The Kier molecular flexibility index (Phi) is 2.82. The van der Waals surface area contributed by atoms with Crippen molar-refractivity contribution >= 4 is 5.91 Å². The summed E-state index contributed by atoms with van der Waals surface area (Å²) >= 11 is 0. The standard InChI is InChI=1S/C11H11F3N2O/c12-11(13,14)7-3-1-2-6(4-7)10(17)16-9-5-8(9)15/h1-4,8-9H,5,15H2,(H,16,17). The molecule has 17 heavy (non-hydrogen) atoms. The van der Waals surface area contributed by atoms with E-state index in [4.69, 9.17) is 5.73 Å². The van der Waals surface area contributed by atoms with Gasteiger partial charge in [0, 0.05) is 17.6 Å². The first-order chi connectivity index (χ1) is 7.88. The van der Waals surface area contributed by atoms with Crippen molar-refractivity contribution in [3.63, 3.8) is 0 Å². The highest BCUT2D eigenvalue weighted by molar-refractivity contribution is 5.94. The van der Waals surface area contributed by atoms with Gasteiger partial charge in [-0.2, -0.15) is 13.2 Å². The second-order valence-corrected chi connectivity index (χ2v) is 4.06. The maximum atomic E-state index is 12.4. The molecule has 0 aliphatic heterocycles. The molecule has 1 aromatic carbocycles. The first-order valence-corrected chi connectivity index (χ1v) is 5.11. The van der Waals surface area contributed by atoms with E-state index in [0.717, 1.165) is 12.1 Å². The van der Waals surface area contributed by atoms with E-state index >= 15 is 0 Å². The van der Waals surface area contributed by atoms with Crippen LogP contribution in [0.25, 0.3) is 0 Å². The van der Waals surface area contributed by atoms with Gasteiger partial charge in [0.25, 0.3) is 5.91 Å². The number of carbonyl (C=O) groups excluding carboxylic acids is 1. The molecule has 2 unspecified atom stereocenters. The van der Waals surface area contributed by atoms with Crippen molar-refractivity contribution in [1.29, 1.82) is 0 Å². The number of amides is 1. The van der Waals surface area contributed by atoms with Crippen LogP contribution in [0, 0.1) is 0 Å². The lowest BCUT2D eigenvalue weighted by atomic mass is 10.1. The number of hydrogen-bond acceptors (Lipinski definition) is 2. The smallest absolute Gasteiger partial charge is 0.348 e. The zero-order chi connectivity index (χ0) is 12.6. The number of benzene rings is 1. The summed E-state index contributed by atoms with van der Waals surface area (Å²) in [5.41, 5.74) is 4.67. The van der Waals surface area contributed by atoms with Gasteiger partial charge >= 0.3 is 6.18 Å². The van der Waals surface area contributed by atoms with E-state index < -0.39 is 17.6 Å². The van der Waals surface area contributed by atoms with Crippen molar-refractivity contribution in [2.24, 2.45) is 5.73 Å². The summed E-state index contributed by atoms with van der Waals surface area (Å²) < 4.78 is 37.2. The van der Waals surface area contributed by atoms with Gasteiger partial charge < -0.3 is 11.1 Å². The number of nitrogens with two attached hydrogens (primary N) is 1. The zero-order valence-electron chi connectivity index (χ0n) is 8.79. The fraction of sp³-hybridized carbons (Fsp3) is 0.364. The molecule has 3 N–H and O–H groups in total. The summed E-state index contributed by atoms with van der Waals surface area (Å²) in [5, 5.41) is 2.57. The average Bonchev–Trinajstić information content (AvgIpc) is 2.93. The molecule has 1 amide bonds. The van der Waals surface area contributed by atoms with Crippen molar-refractivity contribution in [2.45, 2.75) is 24.7 Å². The summed E-state index contributed by atoms with van der Waals surface area (Å²) in [5.74, 6) is -0.519. The second kappa shape index (κ2) is 4.03. The lowest BCUT2D eigenvalue weighted by molar-refractivity contribution is -0.137. The van der Waals surface area contributed by atoms with Gasteiger partial charge in [-0.1, -0.05) is 6.07 Å². The maximum Gasteiger partial charge on any atom is 0.416 e. The summed E-state index contributed by atoms with van der Waals surface area (Å²) in [4.78, 5) is 11.6. The molecule has 1 aromatic rings. The van der Waals surface area contributed by atoms with E-state index in [-0.39, 0.29) is 17.6 Å². The lowest BCUT2D eigenvalue weighted by Gasteiger charge is -2.08. The molecule has 0 heterocycles. The average molecular weight is 244 g/mol. The lowest BCUT2D eigenvalue weighted by Crippen LogP contribution is -2.29. The SMILES string of the molecule is NC1CC1NC(=O)c1cccc(C(F)(F)F)c1. The summed E-state index contributed by atoms with van der Waals surface area (Å²) in [7, 11) is 0. The van der Waals surface area contributed by atoms with Crippen LogP contribution >= 0.6 is 0 Å². The van der Waals surface area contributed by atoms with Crippen LogP contribution in [0.3, 0.4) is 0 Å². The van der Waals surface area contributed by atoms with Crippen LogP contribution in [0.5, 0.6) is 0 Å². The molecule has 1 fully saturated rings. The molecule has 1 aliphatic rings. The van der Waals surface area contributed by atoms with Crippen LogP contribution in [-0.4, -0.2) is 18.0 Å². The van der Waals surface area contributed by atoms with Crippen molar-refractivity contribution in [2.75, 3.05) is 0 Å². The Bertz CT molecular complexity index is 445. The quantitative estimate of drug-likeness (QED) is 0.829.